The highest BCUT2D eigenvalue weighted by atomic mass is 19.4. The summed E-state index contributed by atoms with van der Waals surface area (Å²) >= 11 is 0. The molecule has 1 heterocycles. The third-order valence-corrected chi connectivity index (χ3v) is 2.47. The number of rotatable bonds is 2. The Bertz CT molecular complexity index is 535. The van der Waals surface area contributed by atoms with E-state index in [2.05, 4.69) is 4.98 Å². The van der Waals surface area contributed by atoms with Crippen molar-refractivity contribution < 1.29 is 18.3 Å². The van der Waals surface area contributed by atoms with Crippen molar-refractivity contribution >= 4 is 0 Å². The minimum atomic E-state index is -4.44. The van der Waals surface area contributed by atoms with Crippen molar-refractivity contribution in [2.45, 2.75) is 12.8 Å². The first-order valence-electron chi connectivity index (χ1n) is 5.25. The van der Waals surface area contributed by atoms with Gasteiger partial charge in [0.05, 0.1) is 12.3 Å². The first kappa shape index (κ1) is 12.6. The van der Waals surface area contributed by atoms with E-state index in [1.165, 1.54) is 12.1 Å². The average molecular weight is 253 g/mol. The zero-order valence-electron chi connectivity index (χ0n) is 9.28. The highest BCUT2D eigenvalue weighted by molar-refractivity contribution is 5.59. The van der Waals surface area contributed by atoms with Gasteiger partial charge in [0.25, 0.3) is 0 Å². The van der Waals surface area contributed by atoms with Crippen LogP contribution in [0.3, 0.4) is 0 Å². The molecule has 0 spiro atoms. The summed E-state index contributed by atoms with van der Waals surface area (Å²) in [5.41, 5.74) is 0.629. The summed E-state index contributed by atoms with van der Waals surface area (Å²) in [4.78, 5) is 3.58. The van der Waals surface area contributed by atoms with E-state index >= 15 is 0 Å². The van der Waals surface area contributed by atoms with E-state index in [0.29, 0.717) is 11.1 Å². The summed E-state index contributed by atoms with van der Waals surface area (Å²) < 4.78 is 37.5. The van der Waals surface area contributed by atoms with Gasteiger partial charge in [0.2, 0.25) is 0 Å². The number of hydrogen-bond acceptors (Lipinski definition) is 2. The number of benzene rings is 1. The van der Waals surface area contributed by atoms with Crippen molar-refractivity contribution in [1.29, 1.82) is 0 Å². The Balaban J connectivity index is 2.38. The van der Waals surface area contributed by atoms with E-state index in [1.807, 2.05) is 0 Å². The quantitative estimate of drug-likeness (QED) is 0.891. The van der Waals surface area contributed by atoms with Crippen molar-refractivity contribution in [2.24, 2.45) is 0 Å². The number of alkyl halides is 3. The lowest BCUT2D eigenvalue weighted by Gasteiger charge is -2.08. The summed E-state index contributed by atoms with van der Waals surface area (Å²) in [6.07, 6.45) is -4.44. The molecule has 0 saturated heterocycles. The van der Waals surface area contributed by atoms with Crippen molar-refractivity contribution in [3.05, 3.63) is 53.7 Å². The SMILES string of the molecule is OCc1ccc(-c2cccc(C(F)(F)F)n2)cc1. The van der Waals surface area contributed by atoms with Gasteiger partial charge in [-0.3, -0.25) is 0 Å². The van der Waals surface area contributed by atoms with E-state index in [4.69, 9.17) is 5.11 Å². The molecule has 2 aromatic rings. The number of aliphatic hydroxyl groups is 1. The second-order valence-corrected chi connectivity index (χ2v) is 3.76. The Morgan fingerprint density at radius 2 is 1.67 bits per heavy atom. The smallest absolute Gasteiger partial charge is 0.392 e. The Labute approximate surface area is 102 Å². The number of hydrogen-bond donors (Lipinski definition) is 1. The molecule has 0 unspecified atom stereocenters. The Morgan fingerprint density at radius 3 is 2.22 bits per heavy atom. The summed E-state index contributed by atoms with van der Waals surface area (Å²) in [5.74, 6) is 0. The van der Waals surface area contributed by atoms with Gasteiger partial charge in [0.1, 0.15) is 5.69 Å². The van der Waals surface area contributed by atoms with E-state index in [9.17, 15) is 13.2 Å². The number of aliphatic hydroxyl groups excluding tert-OH is 1. The summed E-state index contributed by atoms with van der Waals surface area (Å²) in [7, 11) is 0. The number of aromatic nitrogens is 1. The van der Waals surface area contributed by atoms with Gasteiger partial charge in [-0.2, -0.15) is 13.2 Å². The first-order valence-corrected chi connectivity index (χ1v) is 5.25. The standard InChI is InChI=1S/C13H10F3NO/c14-13(15,16)12-3-1-2-11(17-12)10-6-4-9(8-18)5-7-10/h1-7,18H,8H2. The Kier molecular flexibility index (Phi) is 3.34. The van der Waals surface area contributed by atoms with Crippen LogP contribution in [-0.4, -0.2) is 10.1 Å². The molecule has 0 bridgehead atoms. The van der Waals surface area contributed by atoms with Gasteiger partial charge in [-0.05, 0) is 17.7 Å². The fourth-order valence-electron chi connectivity index (χ4n) is 1.53. The first-order chi connectivity index (χ1) is 8.50. The molecule has 0 aliphatic heterocycles. The van der Waals surface area contributed by atoms with Gasteiger partial charge in [-0.15, -0.1) is 0 Å². The average Bonchev–Trinajstić information content (AvgIpc) is 2.38. The zero-order chi connectivity index (χ0) is 13.2. The van der Waals surface area contributed by atoms with Crippen LogP contribution >= 0.6 is 0 Å². The molecule has 0 amide bonds. The fraction of sp³-hybridized carbons (Fsp3) is 0.154. The lowest BCUT2D eigenvalue weighted by Crippen LogP contribution is -2.07. The predicted octanol–water partition coefficient (Wildman–Crippen LogP) is 3.26. The van der Waals surface area contributed by atoms with Gasteiger partial charge >= 0.3 is 6.18 Å². The summed E-state index contributed by atoms with van der Waals surface area (Å²) in [6, 6.07) is 10.3. The molecular formula is C13H10F3NO. The van der Waals surface area contributed by atoms with Gasteiger partial charge in [-0.25, -0.2) is 4.98 Å². The molecule has 0 aliphatic rings. The van der Waals surface area contributed by atoms with Crippen LogP contribution in [0.2, 0.25) is 0 Å². The highest BCUT2D eigenvalue weighted by Crippen LogP contribution is 2.29. The molecule has 2 nitrogen and oxygen atoms in total. The molecule has 0 fully saturated rings. The molecule has 0 saturated carbocycles. The maximum atomic E-state index is 12.5. The molecule has 94 valence electrons. The molecule has 18 heavy (non-hydrogen) atoms. The van der Waals surface area contributed by atoms with Gasteiger partial charge in [0, 0.05) is 5.56 Å². The van der Waals surface area contributed by atoms with Crippen LogP contribution in [0.5, 0.6) is 0 Å². The fourth-order valence-corrected chi connectivity index (χ4v) is 1.53. The highest BCUT2D eigenvalue weighted by Gasteiger charge is 2.32. The summed E-state index contributed by atoms with van der Waals surface area (Å²) in [6.45, 7) is -0.101. The van der Waals surface area contributed by atoms with Crippen molar-refractivity contribution in [3.8, 4) is 11.3 Å². The van der Waals surface area contributed by atoms with Gasteiger partial charge < -0.3 is 5.11 Å². The van der Waals surface area contributed by atoms with Crippen molar-refractivity contribution in [2.75, 3.05) is 0 Å². The number of nitrogens with zero attached hydrogens (tertiary/aromatic N) is 1. The van der Waals surface area contributed by atoms with Crippen LogP contribution in [-0.2, 0) is 12.8 Å². The zero-order valence-corrected chi connectivity index (χ0v) is 9.28. The second-order valence-electron chi connectivity index (χ2n) is 3.76. The topological polar surface area (TPSA) is 33.1 Å². The van der Waals surface area contributed by atoms with Crippen LogP contribution in [0.15, 0.2) is 42.5 Å². The third kappa shape index (κ3) is 2.68. The van der Waals surface area contributed by atoms with Crippen molar-refractivity contribution in [3.63, 3.8) is 0 Å². The van der Waals surface area contributed by atoms with Gasteiger partial charge in [0.15, 0.2) is 0 Å². The molecule has 1 aromatic carbocycles. The Morgan fingerprint density at radius 1 is 1.00 bits per heavy atom. The molecule has 0 atom stereocenters. The molecular weight excluding hydrogens is 243 g/mol. The molecule has 0 aliphatic carbocycles. The molecule has 2 rings (SSSR count). The normalized spacial score (nSPS) is 11.6. The molecule has 0 radical (unpaired) electrons. The third-order valence-electron chi connectivity index (χ3n) is 2.47. The van der Waals surface area contributed by atoms with E-state index < -0.39 is 11.9 Å². The van der Waals surface area contributed by atoms with E-state index in [-0.39, 0.29) is 12.3 Å². The van der Waals surface area contributed by atoms with E-state index in [1.54, 1.807) is 24.3 Å². The van der Waals surface area contributed by atoms with Crippen LogP contribution in [0.4, 0.5) is 13.2 Å². The van der Waals surface area contributed by atoms with E-state index in [0.717, 1.165) is 6.07 Å². The second kappa shape index (κ2) is 4.78. The maximum absolute atomic E-state index is 12.5. The number of pyridine rings is 1. The van der Waals surface area contributed by atoms with Crippen molar-refractivity contribution in [1.82, 2.24) is 4.98 Å². The molecule has 1 N–H and O–H groups in total. The molecule has 5 heteroatoms. The predicted molar refractivity (Wildman–Crippen MR) is 60.6 cm³/mol. The van der Waals surface area contributed by atoms with Crippen LogP contribution in [0.1, 0.15) is 11.3 Å². The largest absolute Gasteiger partial charge is 0.433 e. The minimum Gasteiger partial charge on any atom is -0.392 e. The van der Waals surface area contributed by atoms with Gasteiger partial charge in [-0.1, -0.05) is 30.3 Å². The van der Waals surface area contributed by atoms with Crippen LogP contribution in [0.25, 0.3) is 11.3 Å². The summed E-state index contributed by atoms with van der Waals surface area (Å²) in [5, 5.41) is 8.89. The lowest BCUT2D eigenvalue weighted by molar-refractivity contribution is -0.141. The lowest BCUT2D eigenvalue weighted by atomic mass is 10.1. The maximum Gasteiger partial charge on any atom is 0.433 e. The minimum absolute atomic E-state index is 0.101. The number of halogens is 3. The monoisotopic (exact) mass is 253 g/mol. The van der Waals surface area contributed by atoms with Crippen LogP contribution in [0, 0.1) is 0 Å². The van der Waals surface area contributed by atoms with Crippen LogP contribution < -0.4 is 0 Å². The molecule has 1 aromatic heterocycles. The Hall–Kier alpha value is -1.88.